The van der Waals surface area contributed by atoms with Gasteiger partial charge in [0.1, 0.15) is 12.6 Å². The topological polar surface area (TPSA) is 148 Å². The molecule has 0 aliphatic carbocycles. The van der Waals surface area contributed by atoms with Crippen LogP contribution in [0.2, 0.25) is 0 Å². The Labute approximate surface area is 206 Å². The number of amides is 1. The van der Waals surface area contributed by atoms with Gasteiger partial charge in [0.05, 0.1) is 12.1 Å². The van der Waals surface area contributed by atoms with Gasteiger partial charge in [0.2, 0.25) is 5.91 Å². The quantitative estimate of drug-likeness (QED) is 0.147. The number of benzene rings is 1. The maximum Gasteiger partial charge on any atom is 0.320 e. The van der Waals surface area contributed by atoms with Crippen molar-refractivity contribution in [2.24, 2.45) is 5.73 Å². The molecule has 0 saturated carbocycles. The van der Waals surface area contributed by atoms with Gasteiger partial charge in [-0.05, 0) is 62.3 Å². The maximum absolute atomic E-state index is 13.4. The summed E-state index contributed by atoms with van der Waals surface area (Å²) in [5.74, 6) is -0.286. The third-order valence-corrected chi connectivity index (χ3v) is 8.56. The first kappa shape index (κ1) is 26.6. The van der Waals surface area contributed by atoms with Crippen molar-refractivity contribution in [1.29, 1.82) is 0 Å². The van der Waals surface area contributed by atoms with Crippen molar-refractivity contribution < 1.29 is 24.6 Å². The molecule has 0 unspecified atom stereocenters. The van der Waals surface area contributed by atoms with Crippen LogP contribution in [0.3, 0.4) is 0 Å². The van der Waals surface area contributed by atoms with Crippen LogP contribution >= 0.6 is 21.6 Å². The number of carbonyl (C=O) groups is 2. The zero-order valence-corrected chi connectivity index (χ0v) is 20.7. The fourth-order valence-corrected chi connectivity index (χ4v) is 6.82. The molecule has 0 spiro atoms. The Balaban J connectivity index is 1.65. The number of hydrogen-bond donors (Lipinski definition) is 3. The van der Waals surface area contributed by atoms with Gasteiger partial charge in [-0.2, -0.15) is 0 Å². The molecule has 4 N–H and O–H groups in total. The number of nitrogens with zero attached hydrogens (tertiary/aromatic N) is 2. The molecule has 2 aliphatic heterocycles. The van der Waals surface area contributed by atoms with Crippen molar-refractivity contribution in [3.8, 4) is 0 Å². The van der Waals surface area contributed by atoms with Crippen LogP contribution in [0.15, 0.2) is 23.1 Å². The van der Waals surface area contributed by atoms with Crippen LogP contribution in [0.5, 0.6) is 0 Å². The summed E-state index contributed by atoms with van der Waals surface area (Å²) in [6.45, 7) is 0.787. The van der Waals surface area contributed by atoms with Crippen molar-refractivity contribution >= 4 is 33.5 Å². The van der Waals surface area contributed by atoms with E-state index in [2.05, 4.69) is 22.3 Å². The van der Waals surface area contributed by atoms with Crippen molar-refractivity contribution in [3.05, 3.63) is 39.4 Å². The molecule has 0 radical (unpaired) electrons. The van der Waals surface area contributed by atoms with Gasteiger partial charge in [-0.3, -0.25) is 14.9 Å². The highest BCUT2D eigenvalue weighted by atomic mass is 33.1. The van der Waals surface area contributed by atoms with Gasteiger partial charge in [0, 0.05) is 17.2 Å². The summed E-state index contributed by atoms with van der Waals surface area (Å²) in [6, 6.07) is 4.27. The van der Waals surface area contributed by atoms with E-state index in [1.165, 1.54) is 10.5 Å². The Morgan fingerprint density at radius 3 is 2.88 bits per heavy atom. The number of carboxylic acid groups (broad SMARTS) is 1. The number of carboxylic acids is 1. The summed E-state index contributed by atoms with van der Waals surface area (Å²) in [7, 11) is 3.55. The molecule has 10 nitrogen and oxygen atoms in total. The molecular weight excluding hydrogens is 480 g/mol. The van der Waals surface area contributed by atoms with Gasteiger partial charge in [-0.15, -0.1) is 10.1 Å². The second-order valence-electron chi connectivity index (χ2n) is 8.57. The minimum Gasteiger partial charge on any atom is -0.480 e. The largest absolute Gasteiger partial charge is 0.480 e. The molecule has 1 saturated heterocycles. The van der Waals surface area contributed by atoms with Crippen LogP contribution in [-0.4, -0.2) is 64.8 Å². The van der Waals surface area contributed by atoms with Gasteiger partial charge in [0.15, 0.2) is 0 Å². The number of rotatable bonds is 14. The Hall–Kier alpha value is -2.02. The molecule has 1 fully saturated rings. The number of aryl methyl sites for hydroxylation is 1. The van der Waals surface area contributed by atoms with E-state index in [9.17, 15) is 24.8 Å². The van der Waals surface area contributed by atoms with Gasteiger partial charge in [-0.1, -0.05) is 40.1 Å². The summed E-state index contributed by atoms with van der Waals surface area (Å²) in [5.41, 5.74) is 7.97. The molecule has 3 rings (SSSR count). The number of carbonyl (C=O) groups excluding carboxylic acids is 1. The number of fused-ring (bicyclic) bond motifs is 1. The SMILES string of the molecule is NCCCC[C@H](N[C@@H](CCc1ccc2c(c1)CSS2)C(=O)O)C(=O)N1CCC[C@H]1CO[N+](=O)[O-]. The van der Waals surface area contributed by atoms with Gasteiger partial charge >= 0.3 is 5.97 Å². The minimum atomic E-state index is -1.00. The van der Waals surface area contributed by atoms with Gasteiger partial charge in [0.25, 0.3) is 5.09 Å². The Morgan fingerprint density at radius 1 is 1.32 bits per heavy atom. The van der Waals surface area contributed by atoms with Crippen molar-refractivity contribution in [2.45, 2.75) is 73.7 Å². The van der Waals surface area contributed by atoms with Gasteiger partial charge in [-0.25, -0.2) is 0 Å². The molecule has 12 heteroatoms. The number of hydrogen-bond acceptors (Lipinski definition) is 9. The lowest BCUT2D eigenvalue weighted by molar-refractivity contribution is -0.758. The Kier molecular flexibility index (Phi) is 10.3. The van der Waals surface area contributed by atoms with Gasteiger partial charge < -0.3 is 20.6 Å². The van der Waals surface area contributed by atoms with E-state index in [-0.39, 0.29) is 18.6 Å². The third-order valence-electron chi connectivity index (χ3n) is 6.19. The van der Waals surface area contributed by atoms with E-state index in [1.807, 2.05) is 6.07 Å². The zero-order chi connectivity index (χ0) is 24.5. The number of aliphatic carboxylic acids is 1. The highest BCUT2D eigenvalue weighted by Gasteiger charge is 2.35. The van der Waals surface area contributed by atoms with Crippen molar-refractivity contribution in [3.63, 3.8) is 0 Å². The minimum absolute atomic E-state index is 0.175. The van der Waals surface area contributed by atoms with Crippen LogP contribution in [-0.2, 0) is 26.6 Å². The Morgan fingerprint density at radius 2 is 2.15 bits per heavy atom. The van der Waals surface area contributed by atoms with Crippen LogP contribution in [0, 0.1) is 10.1 Å². The van der Waals surface area contributed by atoms with Crippen molar-refractivity contribution in [2.75, 3.05) is 19.7 Å². The molecule has 3 atom stereocenters. The van der Waals surface area contributed by atoms with Crippen LogP contribution in [0.4, 0.5) is 0 Å². The van der Waals surface area contributed by atoms with E-state index in [0.29, 0.717) is 45.2 Å². The fraction of sp³-hybridized carbons (Fsp3) is 0.636. The molecule has 188 valence electrons. The first-order chi connectivity index (χ1) is 16.4. The first-order valence-electron chi connectivity index (χ1n) is 11.6. The summed E-state index contributed by atoms with van der Waals surface area (Å²) < 4.78 is 0. The highest BCUT2D eigenvalue weighted by molar-refractivity contribution is 8.76. The zero-order valence-electron chi connectivity index (χ0n) is 19.0. The van der Waals surface area contributed by atoms with Crippen LogP contribution in [0.1, 0.15) is 49.7 Å². The number of unbranched alkanes of at least 4 members (excludes halogenated alkanes) is 1. The molecule has 1 amide bonds. The molecular formula is C22H32N4O6S2. The molecule has 0 bridgehead atoms. The number of nitrogens with two attached hydrogens (primary N) is 1. The van der Waals surface area contributed by atoms with Crippen molar-refractivity contribution in [1.82, 2.24) is 10.2 Å². The summed E-state index contributed by atoms with van der Waals surface area (Å²) in [5, 5.41) is 22.7. The molecule has 1 aromatic carbocycles. The van der Waals surface area contributed by atoms with E-state index >= 15 is 0 Å². The average Bonchev–Trinajstić information content (AvgIpc) is 3.47. The lowest BCUT2D eigenvalue weighted by atomic mass is 10.0. The lowest BCUT2D eigenvalue weighted by Gasteiger charge is -2.30. The maximum atomic E-state index is 13.4. The molecule has 1 aromatic rings. The van der Waals surface area contributed by atoms with Crippen LogP contribution < -0.4 is 11.1 Å². The van der Waals surface area contributed by atoms with E-state index in [4.69, 9.17) is 5.73 Å². The van der Waals surface area contributed by atoms with Crippen LogP contribution in [0.25, 0.3) is 0 Å². The predicted octanol–water partition coefficient (Wildman–Crippen LogP) is 2.61. The average molecular weight is 513 g/mol. The fourth-order valence-electron chi connectivity index (χ4n) is 4.39. The third kappa shape index (κ3) is 7.49. The number of likely N-dealkylation sites (tertiary alicyclic amines) is 1. The summed E-state index contributed by atoms with van der Waals surface area (Å²) in [4.78, 5) is 43.4. The number of nitrogens with one attached hydrogen (secondary N) is 1. The summed E-state index contributed by atoms with van der Waals surface area (Å²) in [6.07, 6.45) is 4.13. The molecule has 2 heterocycles. The lowest BCUT2D eigenvalue weighted by Crippen LogP contribution is -2.53. The second-order valence-corrected chi connectivity index (χ2v) is 10.9. The molecule has 2 aliphatic rings. The standard InChI is InChI=1S/C22H32N4O6S2/c23-10-2-1-5-18(21(27)25-11-3-4-17(25)13-32-26(30)31)24-19(22(28)29)8-6-15-7-9-20-16(12-15)14-33-34-20/h7,9,12,17-19,24H,1-6,8,10-11,13-14,23H2,(H,28,29)/t17-,18-,19-/m0/s1. The Bertz CT molecular complexity index is 874. The predicted molar refractivity (Wildman–Crippen MR) is 131 cm³/mol. The monoisotopic (exact) mass is 512 g/mol. The smallest absolute Gasteiger partial charge is 0.320 e. The highest BCUT2D eigenvalue weighted by Crippen LogP contribution is 2.44. The second kappa shape index (κ2) is 13.2. The molecule has 0 aromatic heterocycles. The summed E-state index contributed by atoms with van der Waals surface area (Å²) >= 11 is 0. The normalized spacial score (nSPS) is 19.0. The molecule has 34 heavy (non-hydrogen) atoms. The first-order valence-corrected chi connectivity index (χ1v) is 13.9. The van der Waals surface area contributed by atoms with E-state index in [1.54, 1.807) is 26.5 Å². The van der Waals surface area contributed by atoms with E-state index < -0.39 is 23.1 Å². The van der Waals surface area contributed by atoms with E-state index in [0.717, 1.165) is 24.2 Å².